The Labute approximate surface area is 208 Å². The van der Waals surface area contributed by atoms with Crippen LogP contribution in [0.2, 0.25) is 0 Å². The van der Waals surface area contributed by atoms with Crippen molar-refractivity contribution in [2.24, 2.45) is 0 Å². The zero-order valence-corrected chi connectivity index (χ0v) is 19.9. The van der Waals surface area contributed by atoms with Crippen molar-refractivity contribution in [3.05, 3.63) is 113 Å². The topological polar surface area (TPSA) is 70.6 Å². The quantitative estimate of drug-likeness (QED) is 0.304. The number of methoxy groups -OCH3 is 1. The van der Waals surface area contributed by atoms with E-state index in [2.05, 4.69) is 10.6 Å². The van der Waals surface area contributed by atoms with Crippen molar-refractivity contribution in [3.63, 3.8) is 0 Å². The third-order valence-electron chi connectivity index (χ3n) is 6.01. The Morgan fingerprint density at radius 2 is 1.64 bits per heavy atom. The molecule has 0 unspecified atom stereocenters. The zero-order valence-electron chi connectivity index (χ0n) is 19.9. The second-order valence-corrected chi connectivity index (χ2v) is 8.64. The predicted octanol–water partition coefficient (Wildman–Crippen LogP) is 4.62. The molecule has 0 aliphatic rings. The summed E-state index contributed by atoms with van der Waals surface area (Å²) >= 11 is 0. The van der Waals surface area contributed by atoms with E-state index in [0.717, 1.165) is 28.2 Å². The van der Waals surface area contributed by atoms with Gasteiger partial charge in [-0.3, -0.25) is 4.79 Å². The van der Waals surface area contributed by atoms with Crippen LogP contribution in [0.25, 0.3) is 10.8 Å². The summed E-state index contributed by atoms with van der Waals surface area (Å²) in [5.74, 6) is -1.08. The fourth-order valence-corrected chi connectivity index (χ4v) is 4.22. The van der Waals surface area contributed by atoms with Crippen molar-refractivity contribution in [1.82, 2.24) is 10.6 Å². The second-order valence-electron chi connectivity index (χ2n) is 8.64. The number of ether oxygens (including phenoxy) is 1. The zero-order chi connectivity index (χ0) is 25.5. The SMILES string of the molecule is COc1cccc(CNC[C@H](O)[C@H](Cc2cc(F)cc(F)c2)NC(=O)c2cccc3ccccc23)c1. The monoisotopic (exact) mass is 490 g/mol. The minimum Gasteiger partial charge on any atom is -0.497 e. The third kappa shape index (κ3) is 6.44. The summed E-state index contributed by atoms with van der Waals surface area (Å²) in [6.45, 7) is 0.613. The van der Waals surface area contributed by atoms with Gasteiger partial charge in [0.05, 0.1) is 19.3 Å². The first-order chi connectivity index (χ1) is 17.4. The third-order valence-corrected chi connectivity index (χ3v) is 6.01. The molecule has 0 aromatic heterocycles. The molecule has 0 bridgehead atoms. The highest BCUT2D eigenvalue weighted by Crippen LogP contribution is 2.19. The number of aliphatic hydroxyl groups excluding tert-OH is 1. The van der Waals surface area contributed by atoms with Gasteiger partial charge in [0.25, 0.3) is 5.91 Å². The van der Waals surface area contributed by atoms with Gasteiger partial charge in [0.1, 0.15) is 17.4 Å². The van der Waals surface area contributed by atoms with Gasteiger partial charge in [-0.2, -0.15) is 0 Å². The summed E-state index contributed by atoms with van der Waals surface area (Å²) in [6, 6.07) is 22.9. The normalized spacial score (nSPS) is 12.8. The van der Waals surface area contributed by atoms with Crippen LogP contribution in [-0.4, -0.2) is 36.8 Å². The van der Waals surface area contributed by atoms with Gasteiger partial charge >= 0.3 is 0 Å². The molecule has 1 amide bonds. The summed E-state index contributed by atoms with van der Waals surface area (Å²) in [4.78, 5) is 13.3. The summed E-state index contributed by atoms with van der Waals surface area (Å²) in [7, 11) is 1.59. The van der Waals surface area contributed by atoms with Crippen molar-refractivity contribution in [1.29, 1.82) is 0 Å². The van der Waals surface area contributed by atoms with E-state index < -0.39 is 23.8 Å². The molecule has 36 heavy (non-hydrogen) atoms. The highest BCUT2D eigenvalue weighted by Gasteiger charge is 2.23. The molecule has 4 aromatic rings. The van der Waals surface area contributed by atoms with Crippen LogP contribution in [0.15, 0.2) is 84.9 Å². The van der Waals surface area contributed by atoms with E-state index in [1.54, 1.807) is 19.2 Å². The van der Waals surface area contributed by atoms with Crippen LogP contribution < -0.4 is 15.4 Å². The van der Waals surface area contributed by atoms with Gasteiger partial charge in [-0.25, -0.2) is 8.78 Å². The number of nitrogens with one attached hydrogen (secondary N) is 2. The number of benzene rings is 4. The average molecular weight is 491 g/mol. The summed E-state index contributed by atoms with van der Waals surface area (Å²) in [5, 5.41) is 18.8. The van der Waals surface area contributed by atoms with E-state index in [0.29, 0.717) is 17.7 Å². The van der Waals surface area contributed by atoms with Crippen LogP contribution in [-0.2, 0) is 13.0 Å². The lowest BCUT2D eigenvalue weighted by atomic mass is 9.99. The first-order valence-corrected chi connectivity index (χ1v) is 11.7. The molecule has 0 saturated heterocycles. The minimum atomic E-state index is -1.03. The summed E-state index contributed by atoms with van der Waals surface area (Å²) in [5.41, 5.74) is 1.76. The Bertz CT molecular complexity index is 1320. The first-order valence-electron chi connectivity index (χ1n) is 11.7. The number of carbonyl (C=O) groups excluding carboxylic acids is 1. The van der Waals surface area contributed by atoms with Crippen LogP contribution >= 0.6 is 0 Å². The van der Waals surface area contributed by atoms with E-state index in [1.807, 2.05) is 54.6 Å². The maximum atomic E-state index is 13.8. The van der Waals surface area contributed by atoms with Crippen molar-refractivity contribution in [2.75, 3.05) is 13.7 Å². The van der Waals surface area contributed by atoms with Crippen LogP contribution in [0, 0.1) is 11.6 Å². The lowest BCUT2D eigenvalue weighted by Gasteiger charge is -2.25. The van der Waals surface area contributed by atoms with Gasteiger partial charge in [0.2, 0.25) is 0 Å². The van der Waals surface area contributed by atoms with E-state index >= 15 is 0 Å². The molecule has 5 nitrogen and oxygen atoms in total. The van der Waals surface area contributed by atoms with Crippen molar-refractivity contribution < 1.29 is 23.4 Å². The van der Waals surface area contributed by atoms with Gasteiger partial charge < -0.3 is 20.5 Å². The molecule has 186 valence electrons. The fourth-order valence-electron chi connectivity index (χ4n) is 4.22. The maximum absolute atomic E-state index is 13.8. The highest BCUT2D eigenvalue weighted by atomic mass is 19.1. The standard InChI is InChI=1S/C29H28F2N2O3/c1-36-24-9-4-6-19(14-24)17-32-18-28(34)27(15-20-12-22(30)16-23(31)13-20)33-29(35)26-11-5-8-21-7-2-3-10-25(21)26/h2-14,16,27-28,32,34H,15,17-18H2,1H3,(H,33,35)/t27-,28-/m0/s1. The molecule has 0 saturated carbocycles. The van der Waals surface area contributed by atoms with E-state index in [1.165, 1.54) is 12.1 Å². The van der Waals surface area contributed by atoms with Crippen LogP contribution in [0.1, 0.15) is 21.5 Å². The number of aliphatic hydroxyl groups is 1. The number of amides is 1. The van der Waals surface area contributed by atoms with Crippen molar-refractivity contribution >= 4 is 16.7 Å². The molecule has 7 heteroatoms. The smallest absolute Gasteiger partial charge is 0.252 e. The van der Waals surface area contributed by atoms with Gasteiger partial charge in [0.15, 0.2) is 0 Å². The number of rotatable bonds is 10. The highest BCUT2D eigenvalue weighted by molar-refractivity contribution is 6.07. The molecule has 0 fully saturated rings. The van der Waals surface area contributed by atoms with Crippen molar-refractivity contribution in [2.45, 2.75) is 25.1 Å². The van der Waals surface area contributed by atoms with Gasteiger partial charge in [-0.05, 0) is 58.7 Å². The molecule has 0 aliphatic heterocycles. The molecule has 0 radical (unpaired) electrons. The Balaban J connectivity index is 1.51. The van der Waals surface area contributed by atoms with Crippen LogP contribution in [0.3, 0.4) is 0 Å². The van der Waals surface area contributed by atoms with Crippen molar-refractivity contribution in [3.8, 4) is 5.75 Å². The number of hydrogen-bond acceptors (Lipinski definition) is 4. The predicted molar refractivity (Wildman–Crippen MR) is 136 cm³/mol. The number of halogens is 2. The Kier molecular flexibility index (Phi) is 8.25. The molecular weight excluding hydrogens is 462 g/mol. The number of fused-ring (bicyclic) bond motifs is 1. The Morgan fingerprint density at radius 3 is 2.42 bits per heavy atom. The Morgan fingerprint density at radius 1 is 0.917 bits per heavy atom. The number of hydrogen-bond donors (Lipinski definition) is 3. The molecule has 3 N–H and O–H groups in total. The average Bonchev–Trinajstić information content (AvgIpc) is 2.87. The Hall–Kier alpha value is -3.81. The van der Waals surface area contributed by atoms with Gasteiger partial charge in [-0.1, -0.05) is 48.5 Å². The van der Waals surface area contributed by atoms with Crippen LogP contribution in [0.4, 0.5) is 8.78 Å². The second kappa shape index (κ2) is 11.7. The molecule has 0 spiro atoms. The van der Waals surface area contributed by atoms with E-state index in [4.69, 9.17) is 4.74 Å². The largest absolute Gasteiger partial charge is 0.497 e. The molecule has 0 heterocycles. The van der Waals surface area contributed by atoms with E-state index in [-0.39, 0.29) is 18.9 Å². The summed E-state index contributed by atoms with van der Waals surface area (Å²) < 4.78 is 32.9. The van der Waals surface area contributed by atoms with Crippen LogP contribution in [0.5, 0.6) is 5.75 Å². The fraction of sp³-hybridized carbons (Fsp3) is 0.207. The first kappa shape index (κ1) is 25.3. The molecule has 4 rings (SSSR count). The summed E-state index contributed by atoms with van der Waals surface area (Å²) in [6.07, 6.45) is -0.978. The lowest BCUT2D eigenvalue weighted by molar-refractivity contribution is 0.0831. The molecule has 2 atom stereocenters. The van der Waals surface area contributed by atoms with Gasteiger partial charge in [0, 0.05) is 24.7 Å². The maximum Gasteiger partial charge on any atom is 0.252 e. The number of carbonyl (C=O) groups is 1. The lowest BCUT2D eigenvalue weighted by Crippen LogP contribution is -2.48. The molecular formula is C29H28F2N2O3. The molecule has 0 aliphatic carbocycles. The van der Waals surface area contributed by atoms with Gasteiger partial charge in [-0.15, -0.1) is 0 Å². The molecule has 4 aromatic carbocycles. The van der Waals surface area contributed by atoms with E-state index in [9.17, 15) is 18.7 Å². The minimum absolute atomic E-state index is 0.0488.